The number of aliphatic hydroxyl groups excluding tert-OH is 1. The topological polar surface area (TPSA) is 158 Å². The number of nitrogens with one attached hydrogen (secondary N) is 1. The molecular weight excluding hydrogens is 824 g/mol. The van der Waals surface area contributed by atoms with Crippen LogP contribution in [0.5, 0.6) is 0 Å². The number of anilines is 5. The van der Waals surface area contributed by atoms with Crippen molar-refractivity contribution in [1.82, 2.24) is 24.0 Å². The van der Waals surface area contributed by atoms with Gasteiger partial charge >= 0.3 is 0 Å². The second-order valence-electron chi connectivity index (χ2n) is 19.2. The SMILES string of the molecule is Cc1cc(N2CCC(N3CCN(c4ccc(Nc5nc(-c6ccnc(N7CCn8c(cc9c8CC(C)(C)C9)C7=O)c6CO)cn(C)c5=O)cc4C=CC(N)=O)[C@@H](C)C3)C[C@@H]2C)ccc1F. The quantitative estimate of drug-likeness (QED) is 0.139. The van der Waals surface area contributed by atoms with Crippen molar-refractivity contribution >= 4 is 46.6 Å². The van der Waals surface area contributed by atoms with E-state index in [0.717, 1.165) is 68.8 Å². The Hall–Kier alpha value is -6.32. The van der Waals surface area contributed by atoms with Crippen molar-refractivity contribution in [1.29, 1.82) is 0 Å². The summed E-state index contributed by atoms with van der Waals surface area (Å²) in [6.45, 7) is 14.8. The molecule has 14 nitrogen and oxygen atoms in total. The number of aromatic nitrogens is 4. The van der Waals surface area contributed by atoms with Gasteiger partial charge in [0.25, 0.3) is 11.5 Å². The molecule has 2 saturated heterocycles. The summed E-state index contributed by atoms with van der Waals surface area (Å²) in [5.41, 5.74) is 13.9. The Kier molecular flexibility index (Phi) is 11.6. The third-order valence-electron chi connectivity index (χ3n) is 13.9. The number of piperazine rings is 1. The molecule has 4 aliphatic rings. The predicted octanol–water partition coefficient (Wildman–Crippen LogP) is 6.18. The summed E-state index contributed by atoms with van der Waals surface area (Å²) in [4.78, 5) is 58.1. The molecule has 0 spiro atoms. The maximum atomic E-state index is 14.0. The van der Waals surface area contributed by atoms with Crippen LogP contribution in [0, 0.1) is 18.2 Å². The van der Waals surface area contributed by atoms with E-state index in [-0.39, 0.29) is 34.6 Å². The predicted molar refractivity (Wildman–Crippen MR) is 253 cm³/mol. The van der Waals surface area contributed by atoms with Crippen molar-refractivity contribution < 1.29 is 19.1 Å². The van der Waals surface area contributed by atoms with Crippen LogP contribution in [0.3, 0.4) is 0 Å². The lowest BCUT2D eigenvalue weighted by Gasteiger charge is -2.48. The molecule has 340 valence electrons. The molecule has 0 radical (unpaired) electrons. The lowest BCUT2D eigenvalue weighted by molar-refractivity contribution is -0.113. The van der Waals surface area contributed by atoms with Gasteiger partial charge < -0.3 is 35.1 Å². The van der Waals surface area contributed by atoms with Crippen LogP contribution in [-0.2, 0) is 37.8 Å². The Bertz CT molecular complexity index is 2780. The summed E-state index contributed by atoms with van der Waals surface area (Å²) >= 11 is 0. The fourth-order valence-electron chi connectivity index (χ4n) is 10.7. The number of pyridine rings is 1. The first kappa shape index (κ1) is 43.9. The van der Waals surface area contributed by atoms with E-state index in [0.29, 0.717) is 64.8 Å². The van der Waals surface area contributed by atoms with Gasteiger partial charge in [0.15, 0.2) is 5.82 Å². The smallest absolute Gasteiger partial charge is 0.293 e. The number of rotatable bonds is 10. The number of piperidine rings is 1. The molecule has 2 aromatic carbocycles. The van der Waals surface area contributed by atoms with Gasteiger partial charge in [-0.2, -0.15) is 0 Å². The van der Waals surface area contributed by atoms with Crippen molar-refractivity contribution in [2.45, 2.75) is 91.6 Å². The van der Waals surface area contributed by atoms with Crippen molar-refractivity contribution in [3.8, 4) is 11.3 Å². The average Bonchev–Trinajstić information content (AvgIpc) is 3.77. The fraction of sp³-hybridized carbons (Fsp3) is 0.420. The minimum atomic E-state index is -0.573. The molecule has 5 aromatic rings. The number of carbonyl (C=O) groups excluding carboxylic acids is 2. The number of primary amides is 1. The first-order chi connectivity index (χ1) is 31.1. The molecule has 2 amide bonds. The number of benzene rings is 2. The van der Waals surface area contributed by atoms with Gasteiger partial charge in [0.05, 0.1) is 12.3 Å². The normalized spacial score (nSPS) is 21.0. The lowest BCUT2D eigenvalue weighted by atomic mass is 9.90. The van der Waals surface area contributed by atoms with Gasteiger partial charge in [0, 0.05) is 122 Å². The van der Waals surface area contributed by atoms with Crippen LogP contribution >= 0.6 is 0 Å². The zero-order valence-electron chi connectivity index (χ0n) is 38.1. The van der Waals surface area contributed by atoms with Crippen molar-refractivity contribution in [2.75, 3.05) is 52.7 Å². The molecular formula is C50H59FN10O4. The van der Waals surface area contributed by atoms with Gasteiger partial charge in [0.1, 0.15) is 17.3 Å². The Morgan fingerprint density at radius 1 is 1.00 bits per heavy atom. The van der Waals surface area contributed by atoms with Crippen LogP contribution < -0.4 is 31.3 Å². The highest BCUT2D eigenvalue weighted by Gasteiger charge is 2.38. The molecule has 3 atom stereocenters. The molecule has 9 rings (SSSR count). The standard InChI is InChI=1S/C50H59FN10O4/c1-30-21-37(9-10-40(30)51)58-16-14-36(22-31(58)2)57-17-18-59(32(3)27-57)42-11-8-35(23-33(42)7-12-45(52)63)54-46-49(65)56(6)28-41(55-46)38-13-15-53-47(39(38)29-62)61-20-19-60-43(48(61)64)24-34-25-50(4,5)26-44(34)60/h7-13,15,21,23-24,28,31-32,36,62H,14,16-20,22,25-27,29H2,1-6H3,(H2,52,63)(H,54,55)/t31-,32-,36?/m0/s1. The molecule has 6 heterocycles. The minimum absolute atomic E-state index is 0.0611. The van der Waals surface area contributed by atoms with E-state index in [4.69, 9.17) is 10.7 Å². The lowest BCUT2D eigenvalue weighted by Crippen LogP contribution is -2.58. The summed E-state index contributed by atoms with van der Waals surface area (Å²) in [7, 11) is 1.64. The number of amides is 2. The number of aliphatic hydroxyl groups is 1. The van der Waals surface area contributed by atoms with Crippen LogP contribution in [0.15, 0.2) is 71.8 Å². The second kappa shape index (κ2) is 17.2. The van der Waals surface area contributed by atoms with E-state index in [1.165, 1.54) is 21.9 Å². The summed E-state index contributed by atoms with van der Waals surface area (Å²) in [5, 5.41) is 14.1. The van der Waals surface area contributed by atoms with E-state index in [1.807, 2.05) is 43.3 Å². The minimum Gasteiger partial charge on any atom is -0.392 e. The van der Waals surface area contributed by atoms with Gasteiger partial charge in [-0.25, -0.2) is 14.4 Å². The van der Waals surface area contributed by atoms with Crippen LogP contribution in [0.4, 0.5) is 33.1 Å². The number of nitrogens with two attached hydrogens (primary N) is 1. The molecule has 15 heteroatoms. The number of nitrogens with zero attached hydrogens (tertiary/aromatic N) is 8. The fourth-order valence-corrected chi connectivity index (χ4v) is 10.7. The van der Waals surface area contributed by atoms with Crippen molar-refractivity contribution in [2.24, 2.45) is 18.2 Å². The number of fused-ring (bicyclic) bond motifs is 3. The third-order valence-corrected chi connectivity index (χ3v) is 13.9. The van der Waals surface area contributed by atoms with Gasteiger partial charge in [-0.3, -0.25) is 24.2 Å². The molecule has 4 N–H and O–H groups in total. The van der Waals surface area contributed by atoms with E-state index in [9.17, 15) is 23.9 Å². The first-order valence-electron chi connectivity index (χ1n) is 22.7. The van der Waals surface area contributed by atoms with E-state index in [2.05, 4.69) is 57.3 Å². The van der Waals surface area contributed by atoms with Crippen molar-refractivity contribution in [3.63, 3.8) is 0 Å². The number of hydrogen-bond acceptors (Lipinski definition) is 10. The Balaban J connectivity index is 0.935. The zero-order chi connectivity index (χ0) is 45.9. The molecule has 3 aliphatic heterocycles. The number of carbonyl (C=O) groups is 2. The summed E-state index contributed by atoms with van der Waals surface area (Å²) < 4.78 is 17.6. The highest BCUT2D eigenvalue weighted by Crippen LogP contribution is 2.40. The molecule has 3 aromatic heterocycles. The summed E-state index contributed by atoms with van der Waals surface area (Å²) in [6, 6.07) is 15.8. The molecule has 0 saturated carbocycles. The molecule has 65 heavy (non-hydrogen) atoms. The molecule has 1 unspecified atom stereocenters. The van der Waals surface area contributed by atoms with E-state index >= 15 is 0 Å². The maximum absolute atomic E-state index is 14.0. The summed E-state index contributed by atoms with van der Waals surface area (Å²) in [6.07, 6.45) is 10.1. The number of halogens is 1. The van der Waals surface area contributed by atoms with Gasteiger partial charge in [0.2, 0.25) is 5.91 Å². The molecule has 1 aliphatic carbocycles. The highest BCUT2D eigenvalue weighted by molar-refractivity contribution is 6.06. The Labute approximate surface area is 379 Å². The van der Waals surface area contributed by atoms with E-state index in [1.54, 1.807) is 42.6 Å². The monoisotopic (exact) mass is 882 g/mol. The third kappa shape index (κ3) is 8.43. The largest absolute Gasteiger partial charge is 0.392 e. The molecule has 0 bridgehead atoms. The summed E-state index contributed by atoms with van der Waals surface area (Å²) in [5.74, 6) is -0.492. The van der Waals surface area contributed by atoms with Gasteiger partial charge in [-0.05, 0) is 118 Å². The van der Waals surface area contributed by atoms with Crippen molar-refractivity contribution in [3.05, 3.63) is 117 Å². The Morgan fingerprint density at radius 3 is 2.55 bits per heavy atom. The second-order valence-corrected chi connectivity index (χ2v) is 19.2. The Morgan fingerprint density at radius 2 is 1.82 bits per heavy atom. The van der Waals surface area contributed by atoms with Gasteiger partial charge in [-0.15, -0.1) is 0 Å². The maximum Gasteiger partial charge on any atom is 0.293 e. The average molecular weight is 883 g/mol. The first-order valence-corrected chi connectivity index (χ1v) is 22.7. The van der Waals surface area contributed by atoms with Crippen LogP contribution in [-0.4, -0.2) is 91.8 Å². The van der Waals surface area contributed by atoms with Crippen LogP contribution in [0.25, 0.3) is 17.3 Å². The number of hydrogen-bond donors (Lipinski definition) is 3. The van der Waals surface area contributed by atoms with Crippen LogP contribution in [0.1, 0.15) is 79.0 Å². The van der Waals surface area contributed by atoms with Gasteiger partial charge in [-0.1, -0.05) is 13.8 Å². The zero-order valence-corrected chi connectivity index (χ0v) is 38.1. The van der Waals surface area contributed by atoms with Crippen LogP contribution in [0.2, 0.25) is 0 Å². The highest BCUT2D eigenvalue weighted by atomic mass is 19.1. The van der Waals surface area contributed by atoms with E-state index < -0.39 is 12.5 Å². The number of aryl methyl sites for hydroxylation is 2. The molecule has 2 fully saturated rings.